The molecule has 0 atom stereocenters. The minimum Gasteiger partial charge on any atom is -0.379 e. The van der Waals surface area contributed by atoms with E-state index in [0.717, 1.165) is 173 Å². The number of ether oxygens (including phenoxy) is 1. The Hall–Kier alpha value is -13.7. The van der Waals surface area contributed by atoms with Gasteiger partial charge in [0.05, 0.1) is 93.7 Å². The number of hydrogen-bond donors (Lipinski definition) is 10. The first-order chi connectivity index (χ1) is 66.8. The molecule has 14 heterocycles. The molecule has 0 unspecified atom stereocenters. The quantitative estimate of drug-likeness (QED) is 0.0269. The maximum absolute atomic E-state index is 13.6. The average molecular weight is 1900 g/mol. The molecule has 4 amide bonds. The Bertz CT molecular complexity index is 7150. The number of carbonyl (C=O) groups is 4. The summed E-state index contributed by atoms with van der Waals surface area (Å²) in [6, 6.07) is 35.0. The standard InChI is InChI=1S/C32H37N5O3.C30H36N6O2.C27H38N6O2.C19H24N6O2/c1-21-15-22(2)35-32(39)28(21)18-33-31(38)27-16-25(17-30-29(27)19-34-37(30)26-5-3-4-6-26)24-9-7-23(8-10-24)20-36-11-13-40-14-12-36;1-19(2)36-28-26(17-32-36)24(29(37)31-16-25-20(3)14-21(4)33-30(25)38)15-27(34-28)23-10-8-22(9-11-23)18-35-12-6-5-7-13-35;1-15(2)33-23-21(14-29-33)19(24(34)28-13-20-16(3)9-17(4)30-25(20)35)10-22(31-23)18-11-26(5,6)32-27(7,8)12-18;1-10(2)25-17-15(9-22-25)13(7-16(20-5)24-17)18(26)21-8-14-11(3)6-12(4)23-19(14)27/h7-10,15-17,19,26H,3-6,11-14,18,20H2,1-2H3,(H,33,38)(H,35,39);8-11,14-15,17,19H,5-7,12-13,16,18H2,1-4H3,(H,31,37)(H,33,38);9-10,14-15,18,32H,11-13H2,1-8H3,(H,28,34)(H,30,35);6-7,9-10H,8H2,1-5H3,(H,20,24)(H,21,26)(H,23,27). The van der Waals surface area contributed by atoms with E-state index in [1.165, 1.54) is 43.2 Å². The van der Waals surface area contributed by atoms with E-state index in [1.54, 1.807) is 36.4 Å². The SMILES string of the molecule is CNc1cc(C(=O)NCc2c(C)cc(C)[nH]c2=O)c2cnn(C(C)C)c2n1.Cc1cc(C)c(CNC(=O)c2cc(-c3ccc(CN4CCCCC4)cc3)nc3c2cnn3C(C)C)c(=O)[nH]1.Cc1cc(C)c(CNC(=O)c2cc(-c3ccc(CN4CCOCC4)cc3)cc3c2cnn3C2CCCC2)c(=O)[nH]1.Cc1cc(C)c(CNC(=O)c2cc(C3CC(C)(C)NC(C)(C)C3)nc3c2cnn3C(C)C)c(=O)[nH]1. The molecule has 14 aromatic rings. The minimum atomic E-state index is -0.276. The summed E-state index contributed by atoms with van der Waals surface area (Å²) in [5, 5.41) is 39.6. The largest absolute Gasteiger partial charge is 0.379 e. The van der Waals surface area contributed by atoms with Crippen LogP contribution in [0.3, 0.4) is 0 Å². The third-order valence-electron chi connectivity index (χ3n) is 27.0. The van der Waals surface area contributed by atoms with Gasteiger partial charge in [0.1, 0.15) is 5.82 Å². The van der Waals surface area contributed by atoms with Crippen LogP contribution < -0.4 is 54.1 Å². The van der Waals surface area contributed by atoms with Crippen molar-refractivity contribution >= 4 is 73.4 Å². The van der Waals surface area contributed by atoms with Crippen molar-refractivity contribution in [2.24, 2.45) is 0 Å². The van der Waals surface area contributed by atoms with Gasteiger partial charge in [-0.3, -0.25) is 52.8 Å². The van der Waals surface area contributed by atoms with Crippen LogP contribution in [-0.2, 0) is 44.0 Å². The molecule has 140 heavy (non-hydrogen) atoms. The monoisotopic (exact) mass is 1900 g/mol. The second-order valence-electron chi connectivity index (χ2n) is 40.3. The lowest BCUT2D eigenvalue weighted by Crippen LogP contribution is -2.57. The van der Waals surface area contributed by atoms with E-state index in [0.29, 0.717) is 78.4 Å². The Labute approximate surface area is 815 Å². The van der Waals surface area contributed by atoms with Gasteiger partial charge in [-0.2, -0.15) is 20.4 Å². The average Bonchev–Trinajstić information content (AvgIpc) is 1.50. The van der Waals surface area contributed by atoms with Crippen molar-refractivity contribution in [2.45, 2.75) is 263 Å². The van der Waals surface area contributed by atoms with Crippen molar-refractivity contribution < 1.29 is 23.9 Å². The van der Waals surface area contributed by atoms with Gasteiger partial charge in [0.25, 0.3) is 45.9 Å². The maximum atomic E-state index is 13.6. The fourth-order valence-corrected chi connectivity index (χ4v) is 20.2. The first-order valence-electron chi connectivity index (χ1n) is 49.1. The molecule has 0 radical (unpaired) electrons. The third-order valence-corrected chi connectivity index (χ3v) is 27.0. The zero-order valence-electron chi connectivity index (χ0n) is 84.3. The van der Waals surface area contributed by atoms with Gasteiger partial charge in [-0.05, 0) is 275 Å². The number of aromatic amines is 4. The summed E-state index contributed by atoms with van der Waals surface area (Å²) in [5.74, 6) is -0.186. The van der Waals surface area contributed by atoms with E-state index in [1.807, 2.05) is 141 Å². The normalized spacial score (nSPS) is 15.2. The summed E-state index contributed by atoms with van der Waals surface area (Å²) in [5.41, 5.74) is 20.4. The lowest BCUT2D eigenvalue weighted by molar-refractivity contribution is 0.0342. The number of anilines is 1. The molecular formula is C108H135N23O9. The second kappa shape index (κ2) is 43.4. The molecule has 1 aliphatic carbocycles. The lowest BCUT2D eigenvalue weighted by Gasteiger charge is -2.46. The van der Waals surface area contributed by atoms with Gasteiger partial charge in [-0.15, -0.1) is 0 Å². The number of H-pyrrole nitrogens is 4. The Kier molecular flexibility index (Phi) is 31.2. The molecule has 10 N–H and O–H groups in total. The number of likely N-dealkylation sites (tertiary alicyclic amines) is 1. The van der Waals surface area contributed by atoms with Gasteiger partial charge >= 0.3 is 0 Å². The van der Waals surface area contributed by atoms with Crippen molar-refractivity contribution in [3.8, 4) is 22.4 Å². The summed E-state index contributed by atoms with van der Waals surface area (Å²) in [6.45, 7) is 44.3. The van der Waals surface area contributed by atoms with Gasteiger partial charge in [0.2, 0.25) is 0 Å². The Balaban J connectivity index is 0.000000142. The van der Waals surface area contributed by atoms with Crippen LogP contribution in [0.2, 0.25) is 0 Å². The smallest absolute Gasteiger partial charge is 0.253 e. The highest BCUT2D eigenvalue weighted by atomic mass is 16.5. The zero-order chi connectivity index (χ0) is 99.9. The van der Waals surface area contributed by atoms with Crippen molar-refractivity contribution in [2.75, 3.05) is 51.8 Å². The number of fused-ring (bicyclic) bond motifs is 4. The molecule has 18 rings (SSSR count). The van der Waals surface area contributed by atoms with E-state index in [2.05, 4.69) is 183 Å². The van der Waals surface area contributed by atoms with Crippen LogP contribution >= 0.6 is 0 Å². The molecule has 4 fully saturated rings. The molecule has 3 aromatic carbocycles. The van der Waals surface area contributed by atoms with Crippen molar-refractivity contribution in [3.05, 3.63) is 276 Å². The fraction of sp³-hybridized carbons (Fsp3) is 0.435. The summed E-state index contributed by atoms with van der Waals surface area (Å²) in [6.07, 6.45) is 17.2. The molecule has 3 aliphatic heterocycles. The summed E-state index contributed by atoms with van der Waals surface area (Å²) in [4.78, 5) is 134. The lowest BCUT2D eigenvalue weighted by atomic mass is 9.74. The number of nitrogens with zero attached hydrogens (tertiary/aromatic N) is 13. The zero-order valence-corrected chi connectivity index (χ0v) is 84.3. The van der Waals surface area contributed by atoms with E-state index in [4.69, 9.17) is 19.8 Å². The molecular weight excluding hydrogens is 1760 g/mol. The van der Waals surface area contributed by atoms with Crippen LogP contribution in [0.1, 0.15) is 283 Å². The summed E-state index contributed by atoms with van der Waals surface area (Å²) < 4.78 is 13.1. The van der Waals surface area contributed by atoms with Crippen LogP contribution in [0.4, 0.5) is 5.82 Å². The number of aryl methyl sites for hydroxylation is 8. The number of rotatable bonds is 24. The van der Waals surface area contributed by atoms with Gasteiger partial charge in [0, 0.05) is 156 Å². The van der Waals surface area contributed by atoms with Crippen molar-refractivity contribution in [1.82, 2.24) is 110 Å². The van der Waals surface area contributed by atoms with Crippen LogP contribution in [0.25, 0.3) is 66.4 Å². The van der Waals surface area contributed by atoms with Gasteiger partial charge in [0.15, 0.2) is 16.9 Å². The highest BCUT2D eigenvalue weighted by Crippen LogP contribution is 2.41. The first-order valence-corrected chi connectivity index (χ1v) is 49.1. The predicted octanol–water partition coefficient (Wildman–Crippen LogP) is 16.3. The fourth-order valence-electron chi connectivity index (χ4n) is 20.2. The number of amides is 4. The molecule has 32 heteroatoms. The Morgan fingerprint density at radius 2 is 0.800 bits per heavy atom. The number of morpholine rings is 1. The second-order valence-corrected chi connectivity index (χ2v) is 40.3. The van der Waals surface area contributed by atoms with E-state index in [-0.39, 0.29) is 107 Å². The summed E-state index contributed by atoms with van der Waals surface area (Å²) in [7, 11) is 1.75. The van der Waals surface area contributed by atoms with E-state index >= 15 is 0 Å². The number of aromatic nitrogens is 15. The first kappa shape index (κ1) is 101. The maximum Gasteiger partial charge on any atom is 0.253 e. The molecule has 3 saturated heterocycles. The number of benzene rings is 3. The van der Waals surface area contributed by atoms with Crippen molar-refractivity contribution in [3.63, 3.8) is 0 Å². The number of pyridine rings is 7. The number of carbonyl (C=O) groups excluding carboxylic acids is 4. The minimum absolute atomic E-state index is 0.0479. The van der Waals surface area contributed by atoms with E-state index < -0.39 is 0 Å². The number of nitrogens with one attached hydrogen (secondary N) is 10. The van der Waals surface area contributed by atoms with Crippen LogP contribution in [0, 0.1) is 55.4 Å². The van der Waals surface area contributed by atoms with Crippen LogP contribution in [0.5, 0.6) is 0 Å². The van der Waals surface area contributed by atoms with Gasteiger partial charge in [-0.25, -0.2) is 29.0 Å². The molecule has 1 saturated carbocycles. The van der Waals surface area contributed by atoms with E-state index in [9.17, 15) is 38.4 Å². The highest BCUT2D eigenvalue weighted by molar-refractivity contribution is 6.09. The Morgan fingerprint density at radius 3 is 1.21 bits per heavy atom. The summed E-state index contributed by atoms with van der Waals surface area (Å²) >= 11 is 0. The topological polar surface area (TPSA) is 398 Å². The highest BCUT2D eigenvalue weighted by Gasteiger charge is 2.40. The van der Waals surface area contributed by atoms with Crippen LogP contribution in [0.15, 0.2) is 147 Å². The molecule has 32 nitrogen and oxygen atoms in total. The number of piperidine rings is 2. The third kappa shape index (κ3) is 23.5. The van der Waals surface area contributed by atoms with Crippen LogP contribution in [-0.4, -0.2) is 165 Å². The van der Waals surface area contributed by atoms with Gasteiger partial charge in [-0.1, -0.05) is 67.8 Å². The Morgan fingerprint density at radius 1 is 0.421 bits per heavy atom. The number of hydrogen-bond acceptors (Lipinski definition) is 20. The van der Waals surface area contributed by atoms with Crippen molar-refractivity contribution in [1.29, 1.82) is 0 Å². The molecule has 11 aromatic heterocycles. The molecule has 4 aliphatic rings. The predicted molar refractivity (Wildman–Crippen MR) is 551 cm³/mol. The molecule has 736 valence electrons. The molecule has 0 bridgehead atoms. The molecule has 0 spiro atoms. The van der Waals surface area contributed by atoms with Gasteiger partial charge < -0.3 is 56.6 Å².